The molecule has 0 bridgehead atoms. The fraction of sp³-hybridized carbons (Fsp3) is 0.618. The minimum atomic E-state index is -5.01. The molecule has 0 aromatic carbocycles. The van der Waals surface area contributed by atoms with E-state index >= 15 is 0 Å². The van der Waals surface area contributed by atoms with E-state index in [1.165, 1.54) is 0 Å². The van der Waals surface area contributed by atoms with Crippen LogP contribution in [0.1, 0.15) is 297 Å². The molecule has 108 heavy (non-hydrogen) atoms. The van der Waals surface area contributed by atoms with E-state index in [9.17, 15) is 43.2 Å². The number of esters is 4. The molecule has 5 atom stereocenters. The van der Waals surface area contributed by atoms with Gasteiger partial charge in [0.15, 0.2) is 12.2 Å². The molecule has 0 heterocycles. The topological polar surface area (TPSA) is 237 Å². The number of ether oxygens (including phenoxy) is 4. The summed E-state index contributed by atoms with van der Waals surface area (Å²) in [5.41, 5.74) is 0. The second-order valence-electron chi connectivity index (χ2n) is 26.6. The molecule has 0 rings (SSSR count). The Morgan fingerprint density at radius 2 is 0.481 bits per heavy atom. The predicted molar refractivity (Wildman–Crippen MR) is 445 cm³/mol. The Bertz CT molecular complexity index is 2760. The number of hydrogen-bond donors (Lipinski definition) is 3. The molecule has 612 valence electrons. The van der Waals surface area contributed by atoms with Crippen molar-refractivity contribution < 1.29 is 80.2 Å². The van der Waals surface area contributed by atoms with E-state index in [-0.39, 0.29) is 25.7 Å². The van der Waals surface area contributed by atoms with Gasteiger partial charge in [-0.2, -0.15) is 0 Å². The highest BCUT2D eigenvalue weighted by molar-refractivity contribution is 7.47. The number of aliphatic hydroxyl groups is 1. The average molecular weight is 1550 g/mol. The zero-order valence-corrected chi connectivity index (χ0v) is 68.7. The molecule has 0 aliphatic rings. The summed E-state index contributed by atoms with van der Waals surface area (Å²) < 4.78 is 68.6. The summed E-state index contributed by atoms with van der Waals surface area (Å²) in [5.74, 6) is -2.28. The minimum absolute atomic E-state index is 0.0519. The fourth-order valence-corrected chi connectivity index (χ4v) is 11.8. The van der Waals surface area contributed by atoms with Gasteiger partial charge in [-0.15, -0.1) is 0 Å². The van der Waals surface area contributed by atoms with Gasteiger partial charge in [0, 0.05) is 25.7 Å². The molecule has 19 heteroatoms. The molecule has 17 nitrogen and oxygen atoms in total. The first-order valence-corrected chi connectivity index (χ1v) is 44.0. The van der Waals surface area contributed by atoms with Crippen LogP contribution in [0.4, 0.5) is 0 Å². The van der Waals surface area contributed by atoms with Crippen LogP contribution in [-0.4, -0.2) is 96.7 Å². The molecule has 0 aliphatic carbocycles. The minimum Gasteiger partial charge on any atom is -0.462 e. The second-order valence-corrected chi connectivity index (χ2v) is 29.5. The smallest absolute Gasteiger partial charge is 0.462 e. The van der Waals surface area contributed by atoms with Gasteiger partial charge in [-0.3, -0.25) is 37.3 Å². The van der Waals surface area contributed by atoms with Crippen molar-refractivity contribution in [2.75, 3.05) is 39.6 Å². The molecule has 0 saturated heterocycles. The van der Waals surface area contributed by atoms with Gasteiger partial charge in [0.05, 0.1) is 26.4 Å². The van der Waals surface area contributed by atoms with Crippen molar-refractivity contribution in [3.63, 3.8) is 0 Å². The van der Waals surface area contributed by atoms with Crippen molar-refractivity contribution in [2.24, 2.45) is 0 Å². The van der Waals surface area contributed by atoms with E-state index in [1.54, 1.807) is 0 Å². The molecule has 0 amide bonds. The number of phosphoric acid groups is 2. The highest BCUT2D eigenvalue weighted by atomic mass is 31.2. The van der Waals surface area contributed by atoms with Gasteiger partial charge in [-0.1, -0.05) is 281 Å². The molecule has 0 spiro atoms. The molecule has 0 fully saturated rings. The van der Waals surface area contributed by atoms with Crippen LogP contribution in [0.5, 0.6) is 0 Å². The summed E-state index contributed by atoms with van der Waals surface area (Å²) in [6, 6.07) is 0. The summed E-state index contributed by atoms with van der Waals surface area (Å²) in [6.45, 7) is 4.36. The summed E-state index contributed by atoms with van der Waals surface area (Å²) in [5, 5.41) is 10.7. The zero-order chi connectivity index (χ0) is 78.9. The molecule has 0 aromatic heterocycles. The molecule has 0 aromatic rings. The standard InChI is InChI=1S/C89H144O17P2/c1-5-9-13-17-21-25-29-33-36-39-41-44-46-50-53-57-61-65-69-73-86(91)99-79-84(105-88(93)75-71-67-63-59-55-49-32-28-24-20-16-12-8-4)81-103-107(95,96)101-77-83(90)78-102-108(97,98)104-82-85(106-89(94)76-72-68-64-60-56-52-48-43-38-35-31-27-23-19-15-11-7-3)80-100-87(92)74-70-66-62-58-54-51-47-45-42-40-37-34-30-26-22-18-14-10-6-2/h9-11,13-16,20-23,25-28,32-38,41-42,44-45,48,51-52,54,83-85,90H,5-8,12,17-19,24,29-31,39-40,43,46-47,49-50,53,55-82H2,1-4H3,(H,95,96)(H,97,98)/b13-9-,14-10-,15-11-,20-16-,25-21-,26-22-,27-23-,32-28-,36-33-,37-34-,38-35-,44-41-,45-42-,52-48-,54-51-. The summed E-state index contributed by atoms with van der Waals surface area (Å²) in [6.07, 6.45) is 95.8. The van der Waals surface area contributed by atoms with Crippen LogP contribution in [0, 0.1) is 0 Å². The Balaban J connectivity index is 5.45. The number of rotatable bonds is 75. The van der Waals surface area contributed by atoms with Gasteiger partial charge in [-0.05, 0) is 173 Å². The van der Waals surface area contributed by atoms with Crippen LogP contribution in [0.25, 0.3) is 0 Å². The highest BCUT2D eigenvalue weighted by Gasteiger charge is 2.30. The van der Waals surface area contributed by atoms with Gasteiger partial charge < -0.3 is 33.8 Å². The quantitative estimate of drug-likeness (QED) is 0.0169. The number of allylic oxidation sites excluding steroid dienone is 30. The van der Waals surface area contributed by atoms with Crippen LogP contribution in [0.2, 0.25) is 0 Å². The monoisotopic (exact) mass is 1550 g/mol. The van der Waals surface area contributed by atoms with Crippen LogP contribution in [0.15, 0.2) is 182 Å². The van der Waals surface area contributed by atoms with E-state index in [2.05, 4.69) is 210 Å². The summed E-state index contributed by atoms with van der Waals surface area (Å²) in [7, 11) is -10.0. The van der Waals surface area contributed by atoms with Gasteiger partial charge in [0.2, 0.25) is 0 Å². The molecule has 0 aliphatic heterocycles. The number of hydrogen-bond acceptors (Lipinski definition) is 15. The van der Waals surface area contributed by atoms with Crippen molar-refractivity contribution in [2.45, 2.75) is 316 Å². The van der Waals surface area contributed by atoms with Crippen molar-refractivity contribution in [3.05, 3.63) is 182 Å². The zero-order valence-electron chi connectivity index (χ0n) is 66.9. The molecular formula is C89H144O17P2. The lowest BCUT2D eigenvalue weighted by atomic mass is 10.1. The van der Waals surface area contributed by atoms with Gasteiger partial charge in [0.1, 0.15) is 19.3 Å². The maximum Gasteiger partial charge on any atom is 0.472 e. The molecule has 3 N–H and O–H groups in total. The third-order valence-electron chi connectivity index (χ3n) is 16.3. The molecule has 0 radical (unpaired) electrons. The van der Waals surface area contributed by atoms with Crippen LogP contribution < -0.4 is 0 Å². The Labute approximate surface area is 654 Å². The fourth-order valence-electron chi connectivity index (χ4n) is 10.2. The largest absolute Gasteiger partial charge is 0.472 e. The van der Waals surface area contributed by atoms with Crippen molar-refractivity contribution >= 4 is 39.5 Å². The van der Waals surface area contributed by atoms with Gasteiger partial charge in [-0.25, -0.2) is 9.13 Å². The van der Waals surface area contributed by atoms with Gasteiger partial charge in [0.25, 0.3) is 0 Å². The van der Waals surface area contributed by atoms with E-state index < -0.39 is 97.5 Å². The first-order chi connectivity index (χ1) is 52.7. The Morgan fingerprint density at radius 1 is 0.269 bits per heavy atom. The van der Waals surface area contributed by atoms with Gasteiger partial charge >= 0.3 is 39.5 Å². The Morgan fingerprint density at radius 3 is 0.750 bits per heavy atom. The predicted octanol–water partition coefficient (Wildman–Crippen LogP) is 24.3. The molecular weight excluding hydrogens is 1400 g/mol. The lowest BCUT2D eigenvalue weighted by molar-refractivity contribution is -0.161. The first kappa shape index (κ1) is 102. The van der Waals surface area contributed by atoms with E-state index in [1.807, 2.05) is 0 Å². The van der Waals surface area contributed by atoms with E-state index in [0.29, 0.717) is 25.7 Å². The Kier molecular flexibility index (Phi) is 75.0. The van der Waals surface area contributed by atoms with Crippen molar-refractivity contribution in [1.82, 2.24) is 0 Å². The lowest BCUT2D eigenvalue weighted by Crippen LogP contribution is -2.30. The number of carbonyl (C=O) groups is 4. The molecule has 5 unspecified atom stereocenters. The summed E-state index contributed by atoms with van der Waals surface area (Å²) >= 11 is 0. The normalized spacial score (nSPS) is 14.8. The average Bonchev–Trinajstić information content (AvgIpc) is 0.886. The van der Waals surface area contributed by atoms with Crippen LogP contribution in [-0.2, 0) is 65.4 Å². The number of phosphoric ester groups is 2. The lowest BCUT2D eigenvalue weighted by Gasteiger charge is -2.21. The van der Waals surface area contributed by atoms with E-state index in [0.717, 1.165) is 218 Å². The van der Waals surface area contributed by atoms with E-state index in [4.69, 9.17) is 37.0 Å². The third kappa shape index (κ3) is 78.3. The van der Waals surface area contributed by atoms with Crippen molar-refractivity contribution in [3.8, 4) is 0 Å². The number of carbonyl (C=O) groups excluding carboxylic acids is 4. The first-order valence-electron chi connectivity index (χ1n) is 41.0. The number of unbranched alkanes of at least 4 members (excludes halogenated alkanes) is 19. The third-order valence-corrected chi connectivity index (χ3v) is 18.2. The SMILES string of the molecule is CC/C=C\C/C=C\C/C=C\C/C=C\C/C=C\CCCCCC(=O)OCC(COP(=O)(O)OCC(O)COP(=O)(O)OCC(COC(=O)CCCCCCCC/C=C\C/C=C\C/C=C\C/C=C\CC)OC(=O)CCCCCCC/C=C\C/C=C\CCC)OC(=O)CCCCCC/C=C\C/C=C\C/C=C\C/C=C\CC. The van der Waals surface area contributed by atoms with Crippen LogP contribution in [0.3, 0.4) is 0 Å². The molecule has 0 saturated carbocycles. The van der Waals surface area contributed by atoms with Crippen molar-refractivity contribution in [1.29, 1.82) is 0 Å². The summed E-state index contributed by atoms with van der Waals surface area (Å²) in [4.78, 5) is 73.1. The Hall–Kier alpha value is -5.84. The second kappa shape index (κ2) is 79.3. The van der Waals surface area contributed by atoms with Crippen LogP contribution >= 0.6 is 15.6 Å². The maximum atomic E-state index is 13.1. The number of aliphatic hydroxyl groups excluding tert-OH is 1. The maximum absolute atomic E-state index is 13.1. The highest BCUT2D eigenvalue weighted by Crippen LogP contribution is 2.45.